The highest BCUT2D eigenvalue weighted by Crippen LogP contribution is 2.43. The highest BCUT2D eigenvalue weighted by atomic mass is 35.5. The maximum Gasteiger partial charge on any atom is 0.226 e. The van der Waals surface area contributed by atoms with Crippen molar-refractivity contribution in [3.63, 3.8) is 0 Å². The topological polar surface area (TPSA) is 65.1 Å². The first kappa shape index (κ1) is 16.4. The zero-order valence-corrected chi connectivity index (χ0v) is 15.4. The molecule has 3 aromatic rings. The Bertz CT molecular complexity index is 960. The molecular weight excluding hydrogens is 360 g/mol. The van der Waals surface area contributed by atoms with Gasteiger partial charge in [0.15, 0.2) is 5.82 Å². The Morgan fingerprint density at radius 2 is 1.89 bits per heavy atom. The molecule has 2 aromatic carbocycles. The molecule has 0 bridgehead atoms. The summed E-state index contributed by atoms with van der Waals surface area (Å²) in [4.78, 5) is 11.8. The molecule has 3 N–H and O–H groups in total. The van der Waals surface area contributed by atoms with Crippen LogP contribution in [-0.4, -0.2) is 16.5 Å². The number of rotatable bonds is 4. The second kappa shape index (κ2) is 6.72. The summed E-state index contributed by atoms with van der Waals surface area (Å²) in [5.41, 5.74) is 9.95. The number of hydrogen-bond donors (Lipinski definition) is 3. The van der Waals surface area contributed by atoms with Crippen molar-refractivity contribution in [2.75, 3.05) is 22.2 Å². The molecule has 0 radical (unpaired) electrons. The van der Waals surface area contributed by atoms with E-state index >= 15 is 0 Å². The second-order valence-electron chi connectivity index (χ2n) is 6.71. The highest BCUT2D eigenvalue weighted by Gasteiger charge is 2.35. The van der Waals surface area contributed by atoms with Crippen molar-refractivity contribution >= 4 is 34.9 Å². The van der Waals surface area contributed by atoms with Crippen LogP contribution in [0.15, 0.2) is 54.6 Å². The fraction of sp³-hybridized carbons (Fsp3) is 0.200. The summed E-state index contributed by atoms with van der Waals surface area (Å²) in [5, 5.41) is 4.07. The van der Waals surface area contributed by atoms with Gasteiger partial charge in [0.25, 0.3) is 0 Å². The van der Waals surface area contributed by atoms with E-state index in [1.807, 2.05) is 30.3 Å². The molecule has 27 heavy (non-hydrogen) atoms. The van der Waals surface area contributed by atoms with E-state index < -0.39 is 0 Å². The number of aromatic nitrogens is 2. The van der Waals surface area contributed by atoms with Crippen molar-refractivity contribution < 1.29 is 0 Å². The van der Waals surface area contributed by atoms with Crippen LogP contribution in [0.4, 0.5) is 23.3 Å². The number of anilines is 4. The van der Waals surface area contributed by atoms with Crippen LogP contribution >= 0.6 is 11.6 Å². The molecule has 2 aliphatic rings. The minimum Gasteiger partial charge on any atom is -0.350 e. The molecule has 7 heteroatoms. The average molecular weight is 379 g/mol. The van der Waals surface area contributed by atoms with Crippen LogP contribution < -0.4 is 21.1 Å². The van der Waals surface area contributed by atoms with Gasteiger partial charge in [-0.2, -0.15) is 9.97 Å². The first-order chi connectivity index (χ1) is 13.3. The van der Waals surface area contributed by atoms with E-state index in [1.165, 1.54) is 0 Å². The lowest BCUT2D eigenvalue weighted by molar-refractivity contribution is 0.556. The fourth-order valence-corrected chi connectivity index (χ4v) is 3.74. The molecule has 1 unspecified atom stereocenters. The molecular formula is C20H19ClN6. The molecule has 3 heterocycles. The number of benzene rings is 2. The predicted octanol–water partition coefficient (Wildman–Crippen LogP) is 4.26. The number of nitrogens with one attached hydrogen (secondary N) is 3. The number of halogens is 1. The Hall–Kier alpha value is -2.83. The summed E-state index contributed by atoms with van der Waals surface area (Å²) in [6.07, 6.45) is 1.00. The van der Waals surface area contributed by atoms with Crippen molar-refractivity contribution in [1.82, 2.24) is 15.4 Å². The lowest BCUT2D eigenvalue weighted by Crippen LogP contribution is -2.31. The van der Waals surface area contributed by atoms with E-state index in [-0.39, 0.29) is 6.04 Å². The largest absolute Gasteiger partial charge is 0.350 e. The minimum atomic E-state index is 0.250. The van der Waals surface area contributed by atoms with Crippen molar-refractivity contribution in [1.29, 1.82) is 0 Å². The summed E-state index contributed by atoms with van der Waals surface area (Å²) < 4.78 is 0. The van der Waals surface area contributed by atoms with Crippen molar-refractivity contribution in [2.45, 2.75) is 19.0 Å². The van der Waals surface area contributed by atoms with Crippen LogP contribution in [0.3, 0.4) is 0 Å². The molecule has 1 atom stereocenters. The third-order valence-corrected chi connectivity index (χ3v) is 5.22. The van der Waals surface area contributed by atoms with Gasteiger partial charge in [0.2, 0.25) is 5.95 Å². The monoisotopic (exact) mass is 378 g/mol. The van der Waals surface area contributed by atoms with Crippen molar-refractivity contribution in [3.05, 3.63) is 70.7 Å². The Morgan fingerprint density at radius 1 is 1.07 bits per heavy atom. The summed E-state index contributed by atoms with van der Waals surface area (Å²) >= 11 is 5.96. The molecule has 0 saturated carbocycles. The normalized spacial score (nSPS) is 17.4. The minimum absolute atomic E-state index is 0.250. The maximum absolute atomic E-state index is 5.96. The van der Waals surface area contributed by atoms with Crippen LogP contribution in [0.25, 0.3) is 0 Å². The standard InChI is InChI=1S/C20H19ClN6/c21-14-8-6-13(7-9-14)12-22-20-23-18-17-16(25-26-18)10-11-27(19(17)24-20)15-4-2-1-3-5-15/h1-9,16,25H,10-12H2,(H2,22,23,24,26). The van der Waals surface area contributed by atoms with Gasteiger partial charge in [-0.15, -0.1) is 0 Å². The van der Waals surface area contributed by atoms with E-state index in [0.29, 0.717) is 12.5 Å². The van der Waals surface area contributed by atoms with Gasteiger partial charge >= 0.3 is 0 Å². The average Bonchev–Trinajstić information content (AvgIpc) is 3.13. The van der Waals surface area contributed by atoms with Gasteiger partial charge in [-0.3, -0.25) is 0 Å². The van der Waals surface area contributed by atoms with Gasteiger partial charge in [0, 0.05) is 23.8 Å². The quantitative estimate of drug-likeness (QED) is 0.630. The lowest BCUT2D eigenvalue weighted by atomic mass is 10.0. The van der Waals surface area contributed by atoms with Gasteiger partial charge < -0.3 is 15.6 Å². The zero-order valence-electron chi connectivity index (χ0n) is 14.6. The van der Waals surface area contributed by atoms with Crippen LogP contribution in [0.1, 0.15) is 23.6 Å². The third kappa shape index (κ3) is 3.07. The summed E-state index contributed by atoms with van der Waals surface area (Å²) in [6, 6.07) is 18.4. The second-order valence-corrected chi connectivity index (χ2v) is 7.15. The Kier molecular flexibility index (Phi) is 4.07. The fourth-order valence-electron chi connectivity index (χ4n) is 3.61. The highest BCUT2D eigenvalue weighted by molar-refractivity contribution is 6.30. The lowest BCUT2D eigenvalue weighted by Gasteiger charge is -2.32. The van der Waals surface area contributed by atoms with Crippen LogP contribution in [0.5, 0.6) is 0 Å². The Balaban J connectivity index is 1.47. The number of hydrazine groups is 1. The Morgan fingerprint density at radius 3 is 2.70 bits per heavy atom. The van der Waals surface area contributed by atoms with Gasteiger partial charge in [0.1, 0.15) is 5.82 Å². The SMILES string of the molecule is Clc1ccc(CNc2nc3c4c(n2)N(c2ccccc2)CCC4NN3)cc1. The molecule has 0 saturated heterocycles. The van der Waals surface area contributed by atoms with E-state index in [2.05, 4.69) is 50.3 Å². The van der Waals surface area contributed by atoms with Crippen molar-refractivity contribution in [2.24, 2.45) is 0 Å². The van der Waals surface area contributed by atoms with Gasteiger partial charge in [-0.25, -0.2) is 5.43 Å². The van der Waals surface area contributed by atoms with E-state index in [0.717, 1.165) is 46.4 Å². The Labute approximate surface area is 162 Å². The van der Waals surface area contributed by atoms with E-state index in [1.54, 1.807) is 0 Å². The van der Waals surface area contributed by atoms with E-state index in [4.69, 9.17) is 16.6 Å². The predicted molar refractivity (Wildman–Crippen MR) is 108 cm³/mol. The molecule has 0 spiro atoms. The molecule has 1 aromatic heterocycles. The van der Waals surface area contributed by atoms with Gasteiger partial charge in [-0.1, -0.05) is 41.9 Å². The van der Waals surface area contributed by atoms with Crippen molar-refractivity contribution in [3.8, 4) is 0 Å². The number of hydrogen-bond acceptors (Lipinski definition) is 6. The van der Waals surface area contributed by atoms with Gasteiger partial charge in [0.05, 0.1) is 11.6 Å². The molecule has 5 rings (SSSR count). The summed E-state index contributed by atoms with van der Waals surface area (Å²) in [7, 11) is 0. The van der Waals surface area contributed by atoms with Gasteiger partial charge in [-0.05, 0) is 36.2 Å². The molecule has 0 aliphatic carbocycles. The van der Waals surface area contributed by atoms with Crippen LogP contribution in [0, 0.1) is 0 Å². The van der Waals surface area contributed by atoms with E-state index in [9.17, 15) is 0 Å². The molecule has 2 aliphatic heterocycles. The van der Waals surface area contributed by atoms with Crippen LogP contribution in [0.2, 0.25) is 5.02 Å². The molecule has 0 amide bonds. The number of nitrogens with zero attached hydrogens (tertiary/aromatic N) is 3. The molecule has 6 nitrogen and oxygen atoms in total. The third-order valence-electron chi connectivity index (χ3n) is 4.97. The summed E-state index contributed by atoms with van der Waals surface area (Å²) in [6.45, 7) is 1.54. The molecule has 0 fully saturated rings. The maximum atomic E-state index is 5.96. The first-order valence-corrected chi connectivity index (χ1v) is 9.40. The number of para-hydroxylation sites is 1. The zero-order chi connectivity index (χ0) is 18.2. The molecule has 136 valence electrons. The first-order valence-electron chi connectivity index (χ1n) is 9.02. The smallest absolute Gasteiger partial charge is 0.226 e. The summed E-state index contributed by atoms with van der Waals surface area (Å²) in [5.74, 6) is 2.42. The van der Waals surface area contributed by atoms with Crippen LogP contribution in [-0.2, 0) is 6.54 Å².